The van der Waals surface area contributed by atoms with Crippen molar-refractivity contribution in [3.05, 3.63) is 88.2 Å². The zero-order chi connectivity index (χ0) is 25.2. The van der Waals surface area contributed by atoms with E-state index >= 15 is 0 Å². The van der Waals surface area contributed by atoms with Gasteiger partial charge in [0.05, 0.1) is 19.1 Å². The van der Waals surface area contributed by atoms with Crippen molar-refractivity contribution >= 4 is 35.5 Å². The third-order valence-corrected chi connectivity index (χ3v) is 5.83. The molecule has 7 nitrogen and oxygen atoms in total. The summed E-state index contributed by atoms with van der Waals surface area (Å²) in [4.78, 5) is 20.8. The van der Waals surface area contributed by atoms with E-state index in [4.69, 9.17) is 21.1 Å². The SMILES string of the molecule is C=CCc1cc(/C=N\NC(=O)CSc2nc(C)cc(C)n2)cc(OC)c1OCc1ccc(Cl)cc1. The van der Waals surface area contributed by atoms with Crippen LogP contribution >= 0.6 is 23.4 Å². The van der Waals surface area contributed by atoms with Crippen LogP contribution in [0.1, 0.15) is 28.1 Å². The number of benzene rings is 2. The molecule has 0 aliphatic heterocycles. The number of methoxy groups -OCH3 is 1. The molecule has 0 saturated heterocycles. The fraction of sp³-hybridized carbons (Fsp3) is 0.231. The molecular weight excluding hydrogens is 484 g/mol. The van der Waals surface area contributed by atoms with Gasteiger partial charge in [-0.2, -0.15) is 5.10 Å². The number of hydrazone groups is 1. The lowest BCUT2D eigenvalue weighted by atomic mass is 10.1. The molecule has 1 heterocycles. The van der Waals surface area contributed by atoms with E-state index in [1.54, 1.807) is 25.5 Å². The molecule has 9 heteroatoms. The van der Waals surface area contributed by atoms with Crippen molar-refractivity contribution in [2.45, 2.75) is 32.0 Å². The van der Waals surface area contributed by atoms with Crippen LogP contribution in [-0.4, -0.2) is 35.0 Å². The van der Waals surface area contributed by atoms with Crippen molar-refractivity contribution in [2.75, 3.05) is 12.9 Å². The monoisotopic (exact) mass is 510 g/mol. The minimum atomic E-state index is -0.254. The summed E-state index contributed by atoms with van der Waals surface area (Å²) in [5.74, 6) is 1.10. The Bertz CT molecular complexity index is 1200. The second kappa shape index (κ2) is 12.9. The van der Waals surface area contributed by atoms with E-state index in [1.807, 2.05) is 50.2 Å². The molecule has 0 aliphatic rings. The average Bonchev–Trinajstić information content (AvgIpc) is 2.82. The van der Waals surface area contributed by atoms with Crippen molar-refractivity contribution in [1.82, 2.24) is 15.4 Å². The average molecular weight is 511 g/mol. The molecule has 3 rings (SSSR count). The molecule has 35 heavy (non-hydrogen) atoms. The van der Waals surface area contributed by atoms with Crippen LogP contribution in [0.5, 0.6) is 11.5 Å². The number of hydrogen-bond donors (Lipinski definition) is 1. The van der Waals surface area contributed by atoms with E-state index in [1.165, 1.54) is 11.8 Å². The zero-order valence-electron chi connectivity index (χ0n) is 19.9. The Kier molecular flexibility index (Phi) is 9.69. The number of aryl methyl sites for hydroxylation is 2. The van der Waals surface area contributed by atoms with E-state index in [2.05, 4.69) is 27.1 Å². The van der Waals surface area contributed by atoms with Crippen LogP contribution in [0.3, 0.4) is 0 Å². The molecular formula is C26H27ClN4O3S. The minimum Gasteiger partial charge on any atom is -0.493 e. The quantitative estimate of drug-likeness (QED) is 0.124. The molecule has 0 bridgehead atoms. The summed E-state index contributed by atoms with van der Waals surface area (Å²) >= 11 is 7.22. The maximum Gasteiger partial charge on any atom is 0.250 e. The summed E-state index contributed by atoms with van der Waals surface area (Å²) < 4.78 is 11.6. The number of nitrogens with zero attached hydrogens (tertiary/aromatic N) is 3. The molecule has 0 aliphatic carbocycles. The van der Waals surface area contributed by atoms with Gasteiger partial charge in [-0.3, -0.25) is 4.79 Å². The molecule has 0 fully saturated rings. The Labute approximate surface area is 214 Å². The van der Waals surface area contributed by atoms with Gasteiger partial charge in [-0.1, -0.05) is 41.6 Å². The number of allylic oxidation sites excluding steroid dienone is 1. The number of halogens is 1. The van der Waals surface area contributed by atoms with E-state index in [0.29, 0.717) is 34.7 Å². The predicted octanol–water partition coefficient (Wildman–Crippen LogP) is 5.31. The van der Waals surface area contributed by atoms with Gasteiger partial charge in [0.1, 0.15) is 6.61 Å². The molecule has 0 saturated carbocycles. The highest BCUT2D eigenvalue weighted by molar-refractivity contribution is 7.99. The van der Waals surface area contributed by atoms with Gasteiger partial charge in [-0.05, 0) is 61.7 Å². The Morgan fingerprint density at radius 3 is 2.54 bits per heavy atom. The van der Waals surface area contributed by atoms with Gasteiger partial charge in [0.25, 0.3) is 5.91 Å². The zero-order valence-corrected chi connectivity index (χ0v) is 21.4. The van der Waals surface area contributed by atoms with Crippen LogP contribution in [0.2, 0.25) is 5.02 Å². The van der Waals surface area contributed by atoms with Crippen molar-refractivity contribution in [3.63, 3.8) is 0 Å². The molecule has 182 valence electrons. The maximum absolute atomic E-state index is 12.2. The molecule has 3 aromatic rings. The van der Waals surface area contributed by atoms with Crippen molar-refractivity contribution in [2.24, 2.45) is 5.10 Å². The van der Waals surface area contributed by atoms with E-state index < -0.39 is 0 Å². The van der Waals surface area contributed by atoms with Crippen LogP contribution < -0.4 is 14.9 Å². The maximum atomic E-state index is 12.2. The fourth-order valence-electron chi connectivity index (χ4n) is 3.22. The molecule has 1 amide bonds. The van der Waals surface area contributed by atoms with Crippen LogP contribution in [-0.2, 0) is 17.8 Å². The highest BCUT2D eigenvalue weighted by Crippen LogP contribution is 2.34. The van der Waals surface area contributed by atoms with Crippen molar-refractivity contribution in [1.29, 1.82) is 0 Å². The number of carbonyl (C=O) groups excluding carboxylic acids is 1. The number of thioether (sulfide) groups is 1. The first-order chi connectivity index (χ1) is 16.9. The predicted molar refractivity (Wildman–Crippen MR) is 141 cm³/mol. The number of amides is 1. The van der Waals surface area contributed by atoms with Gasteiger partial charge in [0.15, 0.2) is 16.7 Å². The topological polar surface area (TPSA) is 85.7 Å². The molecule has 0 spiro atoms. The largest absolute Gasteiger partial charge is 0.493 e. The van der Waals surface area contributed by atoms with Crippen LogP contribution in [0, 0.1) is 13.8 Å². The highest BCUT2D eigenvalue weighted by Gasteiger charge is 2.13. The molecule has 0 unspecified atom stereocenters. The summed E-state index contributed by atoms with van der Waals surface area (Å²) in [6, 6.07) is 13.1. The summed E-state index contributed by atoms with van der Waals surface area (Å²) in [5.41, 5.74) is 6.89. The molecule has 0 atom stereocenters. The van der Waals surface area contributed by atoms with Gasteiger partial charge in [-0.15, -0.1) is 6.58 Å². The molecule has 2 aromatic carbocycles. The van der Waals surface area contributed by atoms with Crippen LogP contribution in [0.4, 0.5) is 0 Å². The van der Waals surface area contributed by atoms with Gasteiger partial charge in [0.2, 0.25) is 0 Å². The first-order valence-corrected chi connectivity index (χ1v) is 12.2. The lowest BCUT2D eigenvalue weighted by Gasteiger charge is -2.16. The van der Waals surface area contributed by atoms with Crippen molar-refractivity contribution < 1.29 is 14.3 Å². The molecule has 1 aromatic heterocycles. The minimum absolute atomic E-state index is 0.156. The molecule has 1 N–H and O–H groups in total. The van der Waals surface area contributed by atoms with Crippen LogP contribution in [0.25, 0.3) is 0 Å². The Morgan fingerprint density at radius 2 is 1.89 bits per heavy atom. The second-order valence-corrected chi connectivity index (χ2v) is 9.01. The van der Waals surface area contributed by atoms with Gasteiger partial charge >= 0.3 is 0 Å². The summed E-state index contributed by atoms with van der Waals surface area (Å²) in [6.45, 7) is 7.99. The smallest absolute Gasteiger partial charge is 0.250 e. The molecule has 0 radical (unpaired) electrons. The lowest BCUT2D eigenvalue weighted by molar-refractivity contribution is -0.118. The van der Waals surface area contributed by atoms with E-state index in [0.717, 1.165) is 28.1 Å². The van der Waals surface area contributed by atoms with Gasteiger partial charge in [-0.25, -0.2) is 15.4 Å². The van der Waals surface area contributed by atoms with Crippen LogP contribution in [0.15, 0.2) is 65.4 Å². The Hall–Kier alpha value is -3.36. The van der Waals surface area contributed by atoms with Gasteiger partial charge in [0, 0.05) is 22.0 Å². The number of rotatable bonds is 11. The Balaban J connectivity index is 1.65. The summed E-state index contributed by atoms with van der Waals surface area (Å²) in [6.07, 6.45) is 3.93. The third-order valence-electron chi connectivity index (χ3n) is 4.73. The Morgan fingerprint density at radius 1 is 1.17 bits per heavy atom. The number of nitrogens with one attached hydrogen (secondary N) is 1. The number of ether oxygens (including phenoxy) is 2. The number of hydrogen-bond acceptors (Lipinski definition) is 7. The summed E-state index contributed by atoms with van der Waals surface area (Å²) in [5, 5.41) is 5.32. The fourth-order valence-corrected chi connectivity index (χ4v) is 4.08. The third kappa shape index (κ3) is 8.12. The summed E-state index contributed by atoms with van der Waals surface area (Å²) in [7, 11) is 1.58. The normalized spacial score (nSPS) is 10.9. The second-order valence-electron chi connectivity index (χ2n) is 7.63. The van der Waals surface area contributed by atoms with Gasteiger partial charge < -0.3 is 9.47 Å². The van der Waals surface area contributed by atoms with E-state index in [-0.39, 0.29) is 11.7 Å². The van der Waals surface area contributed by atoms with Crippen molar-refractivity contribution in [3.8, 4) is 11.5 Å². The number of aromatic nitrogens is 2. The number of carbonyl (C=O) groups is 1. The lowest BCUT2D eigenvalue weighted by Crippen LogP contribution is -2.19. The standard InChI is InChI=1S/C26H27ClN4O3S/c1-5-6-21-12-20(13-23(33-4)25(21)34-15-19-7-9-22(27)10-8-19)14-28-31-24(32)16-35-26-29-17(2)11-18(3)30-26/h5,7-14H,1,6,15-16H2,2-4H3,(H,31,32)/b28-14-. The highest BCUT2D eigenvalue weighted by atomic mass is 35.5. The first kappa shape index (κ1) is 26.2. The van der Waals surface area contributed by atoms with E-state index in [9.17, 15) is 4.79 Å². The first-order valence-electron chi connectivity index (χ1n) is 10.8.